The second-order valence-electron chi connectivity index (χ2n) is 8.22. The van der Waals surface area contributed by atoms with E-state index in [0.717, 1.165) is 18.4 Å². The van der Waals surface area contributed by atoms with Gasteiger partial charge in [-0.2, -0.15) is 0 Å². The maximum absolute atomic E-state index is 13.7. The fourth-order valence-electron chi connectivity index (χ4n) is 4.04. The largest absolute Gasteiger partial charge is 0.502 e. The number of aliphatic hydroxyl groups is 1. The number of aliphatic hydroxyl groups excluding tert-OH is 1. The van der Waals surface area contributed by atoms with Crippen molar-refractivity contribution in [3.8, 4) is 5.75 Å². The Hall–Kier alpha value is -3.58. The van der Waals surface area contributed by atoms with E-state index < -0.39 is 27.5 Å². The standard InChI is InChI=1S/C27H27NO5S/c1-3-4-16-33-22-13-9-11-20(18-22)24-26(34(31,32)23-14-6-5-7-15-23)25(29)27(30)28(24)21-12-8-10-19(2)17-21/h5-15,17-18,24,29H,3-4,16H2,1-2H3/t24-/m0/s1. The molecule has 0 fully saturated rings. The molecule has 0 saturated carbocycles. The van der Waals surface area contributed by atoms with E-state index in [1.165, 1.54) is 17.0 Å². The Morgan fingerprint density at radius 3 is 2.41 bits per heavy atom. The molecule has 0 aromatic heterocycles. The molecule has 3 aromatic rings. The molecule has 1 heterocycles. The molecule has 1 amide bonds. The zero-order valence-corrected chi connectivity index (χ0v) is 20.0. The molecule has 34 heavy (non-hydrogen) atoms. The number of hydrogen-bond acceptors (Lipinski definition) is 5. The van der Waals surface area contributed by atoms with Crippen molar-refractivity contribution >= 4 is 21.4 Å². The monoisotopic (exact) mass is 477 g/mol. The molecule has 1 atom stereocenters. The first-order valence-corrected chi connectivity index (χ1v) is 12.7. The first-order valence-electron chi connectivity index (χ1n) is 11.2. The average Bonchev–Trinajstić information content (AvgIpc) is 3.11. The molecule has 1 aliphatic rings. The predicted octanol–water partition coefficient (Wildman–Crippen LogP) is 5.51. The van der Waals surface area contributed by atoms with Crippen molar-refractivity contribution in [1.82, 2.24) is 0 Å². The van der Waals surface area contributed by atoms with Crippen molar-refractivity contribution < 1.29 is 23.1 Å². The molecular weight excluding hydrogens is 450 g/mol. The highest BCUT2D eigenvalue weighted by Gasteiger charge is 2.47. The molecule has 0 bridgehead atoms. The molecule has 0 radical (unpaired) electrons. The van der Waals surface area contributed by atoms with Gasteiger partial charge in [0.2, 0.25) is 9.84 Å². The van der Waals surface area contributed by atoms with Gasteiger partial charge in [0.25, 0.3) is 5.91 Å². The summed E-state index contributed by atoms with van der Waals surface area (Å²) in [6.07, 6.45) is 1.86. The van der Waals surface area contributed by atoms with Gasteiger partial charge in [-0.15, -0.1) is 0 Å². The lowest BCUT2D eigenvalue weighted by molar-refractivity contribution is -0.117. The van der Waals surface area contributed by atoms with Gasteiger partial charge in [-0.05, 0) is 60.9 Å². The topological polar surface area (TPSA) is 83.9 Å². The number of aryl methyl sites for hydroxylation is 1. The molecule has 0 aliphatic carbocycles. The van der Waals surface area contributed by atoms with Crippen molar-refractivity contribution in [3.63, 3.8) is 0 Å². The Labute approximate surface area is 200 Å². The summed E-state index contributed by atoms with van der Waals surface area (Å²) in [4.78, 5) is 14.3. The smallest absolute Gasteiger partial charge is 0.295 e. The number of carbonyl (C=O) groups is 1. The summed E-state index contributed by atoms with van der Waals surface area (Å²) < 4.78 is 33.2. The summed E-state index contributed by atoms with van der Waals surface area (Å²) in [5.41, 5.74) is 1.93. The third-order valence-electron chi connectivity index (χ3n) is 5.72. The first-order chi connectivity index (χ1) is 16.3. The number of nitrogens with zero attached hydrogens (tertiary/aromatic N) is 1. The van der Waals surface area contributed by atoms with E-state index in [0.29, 0.717) is 23.6 Å². The van der Waals surface area contributed by atoms with E-state index in [-0.39, 0.29) is 9.80 Å². The van der Waals surface area contributed by atoms with Crippen LogP contribution in [0.15, 0.2) is 94.4 Å². The quantitative estimate of drug-likeness (QED) is 0.433. The third kappa shape index (κ3) is 4.43. The van der Waals surface area contributed by atoms with Gasteiger partial charge in [0.15, 0.2) is 5.76 Å². The van der Waals surface area contributed by atoms with Gasteiger partial charge in [-0.3, -0.25) is 9.69 Å². The summed E-state index contributed by atoms with van der Waals surface area (Å²) in [5.74, 6) is -0.958. The fourth-order valence-corrected chi connectivity index (χ4v) is 5.68. The average molecular weight is 478 g/mol. The van der Waals surface area contributed by atoms with Gasteiger partial charge in [0.05, 0.1) is 11.5 Å². The van der Waals surface area contributed by atoms with E-state index in [1.54, 1.807) is 60.7 Å². The van der Waals surface area contributed by atoms with Crippen LogP contribution in [0.2, 0.25) is 0 Å². The Morgan fingerprint density at radius 2 is 1.71 bits per heavy atom. The van der Waals surface area contributed by atoms with E-state index in [2.05, 4.69) is 6.92 Å². The number of sulfone groups is 1. The number of hydrogen-bond donors (Lipinski definition) is 1. The lowest BCUT2D eigenvalue weighted by Gasteiger charge is -2.27. The van der Waals surface area contributed by atoms with Gasteiger partial charge in [0, 0.05) is 5.69 Å². The molecule has 1 N–H and O–H groups in total. The molecular formula is C27H27NO5S. The number of anilines is 1. The summed E-state index contributed by atoms with van der Waals surface area (Å²) in [6.45, 7) is 4.48. The van der Waals surface area contributed by atoms with Crippen LogP contribution < -0.4 is 9.64 Å². The molecule has 0 saturated heterocycles. The fraction of sp³-hybridized carbons (Fsp3) is 0.222. The zero-order valence-electron chi connectivity index (χ0n) is 19.1. The van der Waals surface area contributed by atoms with Crippen LogP contribution in [0.1, 0.15) is 36.9 Å². The van der Waals surface area contributed by atoms with E-state index in [1.807, 2.05) is 13.0 Å². The van der Waals surface area contributed by atoms with Crippen molar-refractivity contribution in [2.24, 2.45) is 0 Å². The van der Waals surface area contributed by atoms with Gasteiger partial charge >= 0.3 is 0 Å². The second-order valence-corrected chi connectivity index (χ2v) is 10.1. The summed E-state index contributed by atoms with van der Waals surface area (Å²) in [5, 5.41) is 10.9. The molecule has 176 valence electrons. The molecule has 0 spiro atoms. The lowest BCUT2D eigenvalue weighted by atomic mass is 10.0. The number of benzene rings is 3. The Bertz CT molecular complexity index is 1330. The van der Waals surface area contributed by atoms with Gasteiger partial charge < -0.3 is 9.84 Å². The highest BCUT2D eigenvalue weighted by atomic mass is 32.2. The molecule has 7 heteroatoms. The van der Waals surface area contributed by atoms with Crippen LogP contribution in [0, 0.1) is 6.92 Å². The second kappa shape index (κ2) is 9.73. The van der Waals surface area contributed by atoms with Crippen molar-refractivity contribution in [2.75, 3.05) is 11.5 Å². The Balaban J connectivity index is 1.88. The maximum Gasteiger partial charge on any atom is 0.295 e. The Kier molecular flexibility index (Phi) is 6.75. The molecule has 4 rings (SSSR count). The SMILES string of the molecule is CCCCOc1cccc([C@H]2C(S(=O)(=O)c3ccccc3)=C(O)C(=O)N2c2cccc(C)c2)c1. The van der Waals surface area contributed by atoms with Crippen LogP contribution in [-0.2, 0) is 14.6 Å². The van der Waals surface area contributed by atoms with Crippen molar-refractivity contribution in [2.45, 2.75) is 37.6 Å². The third-order valence-corrected chi connectivity index (χ3v) is 7.61. The van der Waals surface area contributed by atoms with E-state index >= 15 is 0 Å². The highest BCUT2D eigenvalue weighted by molar-refractivity contribution is 7.95. The highest BCUT2D eigenvalue weighted by Crippen LogP contribution is 2.45. The van der Waals surface area contributed by atoms with Gasteiger partial charge in [0.1, 0.15) is 16.7 Å². The summed E-state index contributed by atoms with van der Waals surface area (Å²) >= 11 is 0. The van der Waals surface area contributed by atoms with Crippen molar-refractivity contribution in [1.29, 1.82) is 0 Å². The zero-order chi connectivity index (χ0) is 24.3. The minimum atomic E-state index is -4.18. The maximum atomic E-state index is 13.7. The van der Waals surface area contributed by atoms with Crippen LogP contribution in [0.3, 0.4) is 0 Å². The summed E-state index contributed by atoms with van der Waals surface area (Å²) in [6, 6.07) is 21.0. The summed E-state index contributed by atoms with van der Waals surface area (Å²) in [7, 11) is -4.18. The number of unbranched alkanes of at least 4 members (excludes halogenated alkanes) is 1. The lowest BCUT2D eigenvalue weighted by Crippen LogP contribution is -2.31. The molecule has 3 aromatic carbocycles. The normalized spacial score (nSPS) is 16.2. The van der Waals surface area contributed by atoms with E-state index in [4.69, 9.17) is 4.74 Å². The van der Waals surface area contributed by atoms with Crippen LogP contribution in [0.5, 0.6) is 5.75 Å². The van der Waals surface area contributed by atoms with Crippen molar-refractivity contribution in [3.05, 3.63) is 101 Å². The number of rotatable bonds is 8. The molecule has 0 unspecified atom stereocenters. The number of ether oxygens (including phenoxy) is 1. The number of amides is 1. The minimum absolute atomic E-state index is 0.00999. The predicted molar refractivity (Wildman–Crippen MR) is 132 cm³/mol. The Morgan fingerprint density at radius 1 is 0.971 bits per heavy atom. The number of carbonyl (C=O) groups excluding carboxylic acids is 1. The van der Waals surface area contributed by atoms with Gasteiger partial charge in [-0.1, -0.05) is 55.8 Å². The first kappa shape index (κ1) is 23.6. The molecule has 1 aliphatic heterocycles. The van der Waals surface area contributed by atoms with E-state index in [9.17, 15) is 18.3 Å². The van der Waals surface area contributed by atoms with Crippen LogP contribution >= 0.6 is 0 Å². The van der Waals surface area contributed by atoms with Crippen LogP contribution in [-0.4, -0.2) is 26.0 Å². The van der Waals surface area contributed by atoms with Crippen LogP contribution in [0.25, 0.3) is 0 Å². The van der Waals surface area contributed by atoms with Gasteiger partial charge in [-0.25, -0.2) is 8.42 Å². The minimum Gasteiger partial charge on any atom is -0.502 e. The van der Waals surface area contributed by atoms with Crippen LogP contribution in [0.4, 0.5) is 5.69 Å². The molecule has 6 nitrogen and oxygen atoms in total.